The van der Waals surface area contributed by atoms with Gasteiger partial charge >= 0.3 is 17.9 Å². The third-order valence-corrected chi connectivity index (χ3v) is 11.9. The number of carbonyl (C=O) groups excluding carboxylic acids is 6. The monoisotopic (exact) mass is 814 g/mol. The van der Waals surface area contributed by atoms with Crippen LogP contribution in [0.25, 0.3) is 0 Å². The summed E-state index contributed by atoms with van der Waals surface area (Å²) < 4.78 is 16.2. The Balaban J connectivity index is 1.52. The normalized spacial score (nSPS) is 29.7. The summed E-state index contributed by atoms with van der Waals surface area (Å²) in [4.78, 5) is 122. The molecule has 0 aromatic rings. The first-order chi connectivity index (χ1) is 26.7. The van der Waals surface area contributed by atoms with Gasteiger partial charge in [-0.1, -0.05) is 19.4 Å². The van der Waals surface area contributed by atoms with E-state index in [4.69, 9.17) is 14.2 Å². The lowest BCUT2D eigenvalue weighted by atomic mass is 9.45. The maximum atomic E-state index is 14.4. The van der Waals surface area contributed by atoms with Crippen LogP contribution >= 0.6 is 0 Å². The number of ketones is 2. The summed E-state index contributed by atoms with van der Waals surface area (Å²) in [6.45, 7) is 1.40. The van der Waals surface area contributed by atoms with Gasteiger partial charge in [-0.15, -0.1) is 30.3 Å². The molecule has 23 nitrogen and oxygen atoms in total. The molecule has 0 radical (unpaired) electrons. The number of amides is 1. The van der Waals surface area contributed by atoms with Crippen molar-refractivity contribution in [1.82, 2.24) is 5.32 Å². The van der Waals surface area contributed by atoms with Crippen LogP contribution in [0.3, 0.4) is 0 Å². The number of aliphatic hydroxyl groups excluding tert-OH is 1. The number of nitrogens with zero attached hydrogens (tertiary/aromatic N) is 3. The minimum atomic E-state index is -1.93. The Morgan fingerprint density at radius 1 is 0.947 bits per heavy atom. The van der Waals surface area contributed by atoms with Gasteiger partial charge in [0.05, 0.1) is 19.1 Å². The first kappa shape index (κ1) is 44.2. The van der Waals surface area contributed by atoms with E-state index < -0.39 is 112 Å². The maximum absolute atomic E-state index is 14.4. The van der Waals surface area contributed by atoms with E-state index in [1.807, 2.05) is 6.92 Å². The number of carbonyl (C=O) groups is 6. The van der Waals surface area contributed by atoms with Crippen LogP contribution in [0.2, 0.25) is 0 Å². The van der Waals surface area contributed by atoms with Gasteiger partial charge in [-0.05, 0) is 74.2 Å². The van der Waals surface area contributed by atoms with Crippen LogP contribution in [0.15, 0.2) is 11.6 Å². The number of nitrogens with one attached hydrogen (secondary N) is 1. The second-order valence-corrected chi connectivity index (χ2v) is 15.2. The molecule has 9 atom stereocenters. The lowest BCUT2D eigenvalue weighted by molar-refractivity contribution is -0.790. The smallest absolute Gasteiger partial charge is 0.329 e. The minimum Gasteiger partial charge on any atom is -0.462 e. The van der Waals surface area contributed by atoms with Gasteiger partial charge in [0.2, 0.25) is 11.7 Å². The highest BCUT2D eigenvalue weighted by molar-refractivity contribution is 5.94. The van der Waals surface area contributed by atoms with E-state index in [1.54, 1.807) is 13.0 Å². The summed E-state index contributed by atoms with van der Waals surface area (Å²) in [6.07, 6.45) is 0.000169. The number of hydrogen-bond donors (Lipinski definition) is 2. The van der Waals surface area contributed by atoms with Crippen molar-refractivity contribution in [1.29, 1.82) is 0 Å². The number of allylic oxidation sites excluding steroid dienone is 1. The molecule has 0 saturated heterocycles. The molecule has 4 unspecified atom stereocenters. The first-order valence-corrected chi connectivity index (χ1v) is 18.3. The number of ether oxygens (including phenoxy) is 3. The lowest BCUT2D eigenvalue weighted by Crippen LogP contribution is -2.63. The molecule has 0 spiro atoms. The highest BCUT2D eigenvalue weighted by Crippen LogP contribution is 2.68. The van der Waals surface area contributed by atoms with Crippen LogP contribution in [0, 0.1) is 58.9 Å². The molecule has 3 fully saturated rings. The molecule has 4 aliphatic rings. The number of rotatable bonds is 20. The average molecular weight is 815 g/mol. The third kappa shape index (κ3) is 10.1. The van der Waals surface area contributed by atoms with Gasteiger partial charge in [-0.3, -0.25) is 24.0 Å². The van der Waals surface area contributed by atoms with E-state index in [-0.39, 0.29) is 49.2 Å². The van der Waals surface area contributed by atoms with Crippen LogP contribution in [-0.2, 0) is 57.5 Å². The second kappa shape index (κ2) is 18.2. The fourth-order valence-electron chi connectivity index (χ4n) is 9.54. The molecule has 316 valence electrons. The summed E-state index contributed by atoms with van der Waals surface area (Å²) in [6, 6.07) is -1.76. The van der Waals surface area contributed by atoms with Gasteiger partial charge < -0.3 is 39.1 Å². The molecule has 2 N–H and O–H groups in total. The molecular weight excluding hydrogens is 768 g/mol. The summed E-state index contributed by atoms with van der Waals surface area (Å²) >= 11 is 0. The van der Waals surface area contributed by atoms with Crippen LogP contribution in [0.5, 0.6) is 0 Å². The number of Topliss-reactive ketones (excluding diaryl/α,β-unsaturated/α-hetero) is 1. The average Bonchev–Trinajstić information content (AvgIpc) is 3.41. The van der Waals surface area contributed by atoms with E-state index in [9.17, 15) is 64.2 Å². The fourth-order valence-corrected chi connectivity index (χ4v) is 9.54. The van der Waals surface area contributed by atoms with Crippen molar-refractivity contribution >= 4 is 35.4 Å². The van der Waals surface area contributed by atoms with Gasteiger partial charge in [0.15, 0.2) is 24.1 Å². The van der Waals surface area contributed by atoms with Crippen molar-refractivity contribution in [3.63, 3.8) is 0 Å². The Morgan fingerprint density at radius 2 is 1.65 bits per heavy atom. The van der Waals surface area contributed by atoms with Gasteiger partial charge in [0.1, 0.15) is 19.3 Å². The van der Waals surface area contributed by atoms with E-state index in [2.05, 4.69) is 19.8 Å². The highest BCUT2D eigenvalue weighted by Gasteiger charge is 2.70. The maximum Gasteiger partial charge on any atom is 0.329 e. The minimum absolute atomic E-state index is 0.0100. The molecular formula is C34H46N4O19. The molecule has 0 aromatic carbocycles. The zero-order valence-corrected chi connectivity index (χ0v) is 31.6. The van der Waals surface area contributed by atoms with E-state index >= 15 is 0 Å². The third-order valence-electron chi connectivity index (χ3n) is 11.9. The zero-order valence-electron chi connectivity index (χ0n) is 31.6. The number of hydrogen-bond acceptors (Lipinski definition) is 19. The summed E-state index contributed by atoms with van der Waals surface area (Å²) in [7, 11) is 0. The van der Waals surface area contributed by atoms with Crippen LogP contribution in [-0.4, -0.2) is 106 Å². The summed E-state index contributed by atoms with van der Waals surface area (Å²) in [5.74, 6) is -5.69. The van der Waals surface area contributed by atoms with Crippen LogP contribution in [0.1, 0.15) is 85.0 Å². The molecule has 0 aromatic heterocycles. The van der Waals surface area contributed by atoms with Crippen molar-refractivity contribution in [3.05, 3.63) is 42.0 Å². The Bertz CT molecular complexity index is 1670. The quantitative estimate of drug-likeness (QED) is 0.0571. The van der Waals surface area contributed by atoms with E-state index in [0.29, 0.717) is 32.1 Å². The predicted octanol–water partition coefficient (Wildman–Crippen LogP) is 1.10. The topological polar surface area (TPSA) is 319 Å². The largest absolute Gasteiger partial charge is 0.462 e. The summed E-state index contributed by atoms with van der Waals surface area (Å²) in [5.41, 5.74) is -2.60. The molecule has 4 aliphatic carbocycles. The Morgan fingerprint density at radius 3 is 2.30 bits per heavy atom. The van der Waals surface area contributed by atoms with E-state index in [0.717, 1.165) is 12.5 Å². The molecule has 4 rings (SSSR count). The van der Waals surface area contributed by atoms with Crippen molar-refractivity contribution in [2.75, 3.05) is 26.4 Å². The van der Waals surface area contributed by atoms with Gasteiger partial charge in [0, 0.05) is 25.2 Å². The number of aliphatic hydroxyl groups is 1. The SMILES string of the molecule is CC(=O)NC(CC(=O)OCC(=O)[C@@]1(OC(=O)CCCO[N+](=O)[O-])CCC2C3CCC4=CC(=O)CC[C@]4(C)[C@H]3[C@@H](O)C[C@@]21C)C(=O)OCC(CO[N+](=O)[O-])O[N+](=O)[O-]. The molecule has 0 bridgehead atoms. The van der Waals surface area contributed by atoms with Crippen LogP contribution in [0.4, 0.5) is 0 Å². The lowest BCUT2D eigenvalue weighted by Gasteiger charge is -2.60. The standard InChI is InChI=1S/C34H46N4O19/c1-19(39)35-25(31(45)53-16-22(57-38(50)51)17-55-37(48)49)14-29(44)52-18-27(42)34(56-28(43)5-4-12-54-36(46)47)11-9-24-23-7-6-20-13-21(40)8-10-32(20,2)30(23)26(41)15-33(24,34)3/h13,22-26,30,41H,4-12,14-18H2,1-3H3,(H,35,39)/t22?,23?,24?,25?,26-,30+,32-,33-,34-/m0/s1. The fraction of sp³-hybridized carbons (Fsp3) is 0.765. The Kier molecular flexibility index (Phi) is 14.1. The van der Waals surface area contributed by atoms with Crippen molar-refractivity contribution in [2.24, 2.45) is 28.6 Å². The summed E-state index contributed by atoms with van der Waals surface area (Å²) in [5, 5.41) is 42.3. The molecule has 0 heterocycles. The molecule has 3 saturated carbocycles. The van der Waals surface area contributed by atoms with Crippen LogP contribution < -0.4 is 5.32 Å². The zero-order chi connectivity index (χ0) is 42.3. The van der Waals surface area contributed by atoms with Gasteiger partial charge in [-0.2, -0.15) is 0 Å². The van der Waals surface area contributed by atoms with Gasteiger partial charge in [-0.25, -0.2) is 4.79 Å². The van der Waals surface area contributed by atoms with Gasteiger partial charge in [0.25, 0.3) is 15.3 Å². The molecule has 23 heteroatoms. The molecule has 1 amide bonds. The molecule has 57 heavy (non-hydrogen) atoms. The number of fused-ring (bicyclic) bond motifs is 5. The molecule has 0 aliphatic heterocycles. The van der Waals surface area contributed by atoms with Crippen molar-refractivity contribution in [3.8, 4) is 0 Å². The second-order valence-electron chi connectivity index (χ2n) is 15.2. The Labute approximate surface area is 324 Å². The highest BCUT2D eigenvalue weighted by atomic mass is 17.0. The predicted molar refractivity (Wildman–Crippen MR) is 183 cm³/mol. The van der Waals surface area contributed by atoms with Crippen molar-refractivity contribution in [2.45, 2.75) is 109 Å². The number of esters is 3. The Hall–Kier alpha value is -5.48. The van der Waals surface area contributed by atoms with Crippen molar-refractivity contribution < 1.29 is 77.9 Å². The van der Waals surface area contributed by atoms with E-state index in [1.165, 1.54) is 0 Å². The first-order valence-electron chi connectivity index (χ1n) is 18.3.